The molecule has 0 atom stereocenters. The van der Waals surface area contributed by atoms with Crippen molar-refractivity contribution < 1.29 is 10.0 Å². The molecular weight excluding hydrogens is 273 g/mol. The van der Waals surface area contributed by atoms with Crippen molar-refractivity contribution in [1.82, 2.24) is 0 Å². The van der Waals surface area contributed by atoms with E-state index in [1.54, 1.807) is 12.1 Å². The first-order valence-corrected chi connectivity index (χ1v) is 7.07. The Labute approximate surface area is 129 Å². The van der Waals surface area contributed by atoms with E-state index in [1.165, 1.54) is 0 Å². The lowest BCUT2D eigenvalue weighted by Gasteiger charge is -2.14. The van der Waals surface area contributed by atoms with E-state index >= 15 is 0 Å². The van der Waals surface area contributed by atoms with Gasteiger partial charge in [0, 0.05) is 5.69 Å². The fourth-order valence-corrected chi connectivity index (χ4v) is 2.63. The second-order valence-corrected chi connectivity index (χ2v) is 5.13. The Balaban J connectivity index is 2.22. The van der Waals surface area contributed by atoms with Gasteiger partial charge in [0.1, 0.15) is 0 Å². The maximum absolute atomic E-state index is 9.65. The largest absolute Gasteiger partial charge is 0.489 e. The minimum Gasteiger partial charge on any atom is -0.423 e. The highest BCUT2D eigenvalue weighted by Gasteiger charge is 2.19. The van der Waals surface area contributed by atoms with Crippen LogP contribution in [0.25, 0.3) is 22.3 Å². The SMILES string of the molecule is Nc1ccc(-c2ccccc2-c2ccccc2)c(B(O)O)c1. The smallest absolute Gasteiger partial charge is 0.423 e. The Hall–Kier alpha value is -2.56. The third-order valence-electron chi connectivity index (χ3n) is 3.66. The van der Waals surface area contributed by atoms with Gasteiger partial charge in [-0.3, -0.25) is 0 Å². The Morgan fingerprint density at radius 1 is 0.682 bits per heavy atom. The number of anilines is 1. The van der Waals surface area contributed by atoms with Crippen LogP contribution in [0.15, 0.2) is 72.8 Å². The molecule has 0 radical (unpaired) electrons. The predicted molar refractivity (Wildman–Crippen MR) is 91.6 cm³/mol. The van der Waals surface area contributed by atoms with Gasteiger partial charge in [0.2, 0.25) is 0 Å². The van der Waals surface area contributed by atoms with Gasteiger partial charge in [0.15, 0.2) is 0 Å². The van der Waals surface area contributed by atoms with E-state index < -0.39 is 7.12 Å². The van der Waals surface area contributed by atoms with Gasteiger partial charge in [-0.15, -0.1) is 0 Å². The van der Waals surface area contributed by atoms with E-state index in [1.807, 2.05) is 60.7 Å². The Bertz CT molecular complexity index is 788. The summed E-state index contributed by atoms with van der Waals surface area (Å²) in [5, 5.41) is 19.3. The Morgan fingerprint density at radius 2 is 1.32 bits per heavy atom. The topological polar surface area (TPSA) is 66.5 Å². The Kier molecular flexibility index (Phi) is 3.96. The number of nitrogens with two attached hydrogens (primary N) is 1. The third kappa shape index (κ3) is 2.75. The standard InChI is InChI=1S/C18H16BNO2/c20-14-10-11-17(18(12-14)19(21)22)16-9-5-4-8-15(16)13-6-2-1-3-7-13/h1-12,21-22H,20H2. The summed E-state index contributed by atoms with van der Waals surface area (Å²) < 4.78 is 0. The van der Waals surface area contributed by atoms with Crippen LogP contribution in [-0.2, 0) is 0 Å². The highest BCUT2D eigenvalue weighted by Crippen LogP contribution is 2.31. The number of rotatable bonds is 3. The summed E-state index contributed by atoms with van der Waals surface area (Å²) in [6.07, 6.45) is 0. The molecule has 0 heterocycles. The average Bonchev–Trinajstić information content (AvgIpc) is 2.55. The van der Waals surface area contributed by atoms with Crippen LogP contribution >= 0.6 is 0 Å². The van der Waals surface area contributed by atoms with Gasteiger partial charge in [-0.2, -0.15) is 0 Å². The summed E-state index contributed by atoms with van der Waals surface area (Å²) in [5.41, 5.74) is 10.5. The van der Waals surface area contributed by atoms with Crippen molar-refractivity contribution in [3.05, 3.63) is 72.8 Å². The van der Waals surface area contributed by atoms with E-state index in [0.29, 0.717) is 11.2 Å². The zero-order valence-electron chi connectivity index (χ0n) is 12.0. The number of hydrogen-bond acceptors (Lipinski definition) is 3. The second kappa shape index (κ2) is 6.06. The number of hydrogen-bond donors (Lipinski definition) is 3. The molecule has 0 saturated heterocycles. The lowest BCUT2D eigenvalue weighted by molar-refractivity contribution is 0.426. The van der Waals surface area contributed by atoms with Gasteiger partial charge in [0.25, 0.3) is 0 Å². The summed E-state index contributed by atoms with van der Waals surface area (Å²) >= 11 is 0. The van der Waals surface area contributed by atoms with E-state index in [-0.39, 0.29) is 0 Å². The van der Waals surface area contributed by atoms with Crippen molar-refractivity contribution in [3.63, 3.8) is 0 Å². The molecule has 0 amide bonds. The van der Waals surface area contributed by atoms with Crippen LogP contribution in [0, 0.1) is 0 Å². The average molecular weight is 289 g/mol. The molecule has 22 heavy (non-hydrogen) atoms. The van der Waals surface area contributed by atoms with Crippen LogP contribution in [0.4, 0.5) is 5.69 Å². The zero-order chi connectivity index (χ0) is 15.5. The molecule has 108 valence electrons. The van der Waals surface area contributed by atoms with Crippen molar-refractivity contribution in [2.24, 2.45) is 0 Å². The number of nitrogen functional groups attached to an aromatic ring is 1. The highest BCUT2D eigenvalue weighted by atomic mass is 16.4. The molecule has 3 nitrogen and oxygen atoms in total. The summed E-state index contributed by atoms with van der Waals surface area (Å²) in [7, 11) is -1.57. The predicted octanol–water partition coefficient (Wildman–Crippen LogP) is 2.28. The summed E-state index contributed by atoms with van der Waals surface area (Å²) in [6, 6.07) is 23.1. The van der Waals surface area contributed by atoms with Crippen molar-refractivity contribution >= 4 is 18.3 Å². The van der Waals surface area contributed by atoms with Crippen LogP contribution in [0.1, 0.15) is 0 Å². The fourth-order valence-electron chi connectivity index (χ4n) is 2.63. The van der Waals surface area contributed by atoms with Gasteiger partial charge in [-0.05, 0) is 39.8 Å². The van der Waals surface area contributed by atoms with Crippen LogP contribution in [0.5, 0.6) is 0 Å². The summed E-state index contributed by atoms with van der Waals surface area (Å²) in [4.78, 5) is 0. The molecule has 0 fully saturated rings. The molecule has 4 heteroatoms. The van der Waals surface area contributed by atoms with Crippen LogP contribution < -0.4 is 11.2 Å². The van der Waals surface area contributed by atoms with Crippen LogP contribution in [0.3, 0.4) is 0 Å². The molecule has 3 rings (SSSR count). The third-order valence-corrected chi connectivity index (χ3v) is 3.66. The molecule has 4 N–H and O–H groups in total. The first-order chi connectivity index (χ1) is 10.7. The first-order valence-electron chi connectivity index (χ1n) is 7.07. The molecule has 3 aromatic carbocycles. The maximum Gasteiger partial charge on any atom is 0.489 e. The zero-order valence-corrected chi connectivity index (χ0v) is 12.0. The minimum atomic E-state index is -1.57. The van der Waals surface area contributed by atoms with E-state index in [9.17, 15) is 10.0 Å². The highest BCUT2D eigenvalue weighted by molar-refractivity contribution is 6.60. The monoisotopic (exact) mass is 289 g/mol. The summed E-state index contributed by atoms with van der Waals surface area (Å²) in [5.74, 6) is 0. The van der Waals surface area contributed by atoms with Crippen molar-refractivity contribution in [3.8, 4) is 22.3 Å². The van der Waals surface area contributed by atoms with Crippen molar-refractivity contribution in [2.45, 2.75) is 0 Å². The lowest BCUT2D eigenvalue weighted by Crippen LogP contribution is -2.32. The van der Waals surface area contributed by atoms with Gasteiger partial charge < -0.3 is 15.8 Å². The molecule has 0 aromatic heterocycles. The Morgan fingerprint density at radius 3 is 2.00 bits per heavy atom. The molecule has 3 aromatic rings. The van der Waals surface area contributed by atoms with Gasteiger partial charge >= 0.3 is 7.12 Å². The van der Waals surface area contributed by atoms with Crippen molar-refractivity contribution in [1.29, 1.82) is 0 Å². The molecular formula is C18H16BNO2. The van der Waals surface area contributed by atoms with Gasteiger partial charge in [-0.1, -0.05) is 60.7 Å². The lowest BCUT2D eigenvalue weighted by atomic mass is 9.74. The second-order valence-electron chi connectivity index (χ2n) is 5.13. The van der Waals surface area contributed by atoms with E-state index in [2.05, 4.69) is 0 Å². The van der Waals surface area contributed by atoms with Gasteiger partial charge in [-0.25, -0.2) is 0 Å². The molecule has 0 aliphatic heterocycles. The van der Waals surface area contributed by atoms with Crippen LogP contribution in [0.2, 0.25) is 0 Å². The first kappa shape index (κ1) is 14.4. The molecule has 0 spiro atoms. The summed E-state index contributed by atoms with van der Waals surface area (Å²) in [6.45, 7) is 0. The molecule has 0 unspecified atom stereocenters. The van der Waals surface area contributed by atoms with Crippen LogP contribution in [-0.4, -0.2) is 17.2 Å². The molecule has 0 aliphatic rings. The van der Waals surface area contributed by atoms with Crippen molar-refractivity contribution in [2.75, 3.05) is 5.73 Å². The quantitative estimate of drug-likeness (QED) is 0.512. The normalized spacial score (nSPS) is 10.5. The fraction of sp³-hybridized carbons (Fsp3) is 0. The molecule has 0 bridgehead atoms. The van der Waals surface area contributed by atoms with E-state index in [4.69, 9.17) is 5.73 Å². The minimum absolute atomic E-state index is 0.406. The molecule has 0 aliphatic carbocycles. The van der Waals surface area contributed by atoms with Gasteiger partial charge in [0.05, 0.1) is 0 Å². The molecule has 0 saturated carbocycles. The van der Waals surface area contributed by atoms with E-state index in [0.717, 1.165) is 22.3 Å². The maximum atomic E-state index is 9.65. The number of benzene rings is 3.